The molecule has 0 aliphatic heterocycles. The first-order valence-electron chi connectivity index (χ1n) is 9.08. The molecule has 0 saturated carbocycles. The van der Waals surface area contributed by atoms with Gasteiger partial charge >= 0.3 is 0 Å². The highest BCUT2D eigenvalue weighted by molar-refractivity contribution is 5.46. The lowest BCUT2D eigenvalue weighted by atomic mass is 9.92. The summed E-state index contributed by atoms with van der Waals surface area (Å²) in [6.07, 6.45) is 2.16. The zero-order valence-electron chi connectivity index (χ0n) is 16.6. The first kappa shape index (κ1) is 19.5. The van der Waals surface area contributed by atoms with Crippen molar-refractivity contribution in [2.45, 2.75) is 66.9 Å². The lowest BCUT2D eigenvalue weighted by Gasteiger charge is -2.19. The highest BCUT2D eigenvalue weighted by Gasteiger charge is 2.18. The van der Waals surface area contributed by atoms with E-state index in [0.717, 1.165) is 41.0 Å². The minimum Gasteiger partial charge on any atom is -0.438 e. The Balaban J connectivity index is 2.49. The van der Waals surface area contributed by atoms with Crippen molar-refractivity contribution in [2.75, 3.05) is 7.11 Å². The molecule has 0 spiro atoms. The van der Waals surface area contributed by atoms with Crippen LogP contribution in [0.1, 0.15) is 66.1 Å². The maximum Gasteiger partial charge on any atom is 0.225 e. The standard InChI is InChI=1S/C22H30NO2/c1-8-18(9-2)20-12-19(13-24-7)22(23-17(20)6)25-21-15(4)10-14(3)11-16(21)5/h10-11,18H,8-9,13H2,1-7H3. The average molecular weight is 340 g/mol. The summed E-state index contributed by atoms with van der Waals surface area (Å²) in [5, 5.41) is 0. The summed E-state index contributed by atoms with van der Waals surface area (Å²) in [6, 6.07) is 7.81. The van der Waals surface area contributed by atoms with Gasteiger partial charge in [0.1, 0.15) is 5.75 Å². The van der Waals surface area contributed by atoms with Crippen LogP contribution in [0.5, 0.6) is 11.6 Å². The second kappa shape index (κ2) is 8.48. The monoisotopic (exact) mass is 340 g/mol. The summed E-state index contributed by atoms with van der Waals surface area (Å²) in [5.74, 6) is 1.95. The first-order chi connectivity index (χ1) is 11.9. The van der Waals surface area contributed by atoms with Gasteiger partial charge in [-0.3, -0.25) is 0 Å². The Morgan fingerprint density at radius 3 is 2.16 bits per heavy atom. The minimum absolute atomic E-state index is 0.444. The molecule has 135 valence electrons. The quantitative estimate of drug-likeness (QED) is 0.623. The Bertz CT molecular complexity index is 710. The van der Waals surface area contributed by atoms with E-state index >= 15 is 0 Å². The fourth-order valence-corrected chi connectivity index (χ4v) is 3.43. The predicted octanol–water partition coefficient (Wildman–Crippen LogP) is 5.96. The molecule has 0 saturated heterocycles. The third-order valence-electron chi connectivity index (χ3n) is 4.69. The summed E-state index contributed by atoms with van der Waals surface area (Å²) >= 11 is 0. The molecule has 0 N–H and O–H groups in total. The highest BCUT2D eigenvalue weighted by atomic mass is 16.5. The van der Waals surface area contributed by atoms with E-state index in [1.165, 1.54) is 11.1 Å². The summed E-state index contributed by atoms with van der Waals surface area (Å²) in [4.78, 5) is 4.77. The zero-order valence-corrected chi connectivity index (χ0v) is 16.6. The van der Waals surface area contributed by atoms with Crippen LogP contribution in [0.4, 0.5) is 0 Å². The van der Waals surface area contributed by atoms with Crippen LogP contribution in [-0.2, 0) is 11.3 Å². The molecule has 25 heavy (non-hydrogen) atoms. The molecule has 3 nitrogen and oxygen atoms in total. The van der Waals surface area contributed by atoms with Crippen molar-refractivity contribution in [3.63, 3.8) is 0 Å². The molecule has 0 unspecified atom stereocenters. The van der Waals surface area contributed by atoms with Crippen molar-refractivity contribution in [1.29, 1.82) is 0 Å². The van der Waals surface area contributed by atoms with E-state index in [0.29, 0.717) is 18.4 Å². The van der Waals surface area contributed by atoms with Gasteiger partial charge in [0.25, 0.3) is 0 Å². The van der Waals surface area contributed by atoms with Crippen LogP contribution in [-0.4, -0.2) is 12.1 Å². The van der Waals surface area contributed by atoms with Gasteiger partial charge in [-0.25, -0.2) is 4.98 Å². The van der Waals surface area contributed by atoms with Gasteiger partial charge in [0.05, 0.1) is 6.61 Å². The number of rotatable bonds is 7. The Labute approximate surface area is 152 Å². The van der Waals surface area contributed by atoms with Crippen LogP contribution < -0.4 is 4.74 Å². The third-order valence-corrected chi connectivity index (χ3v) is 4.69. The van der Waals surface area contributed by atoms with Crippen LogP contribution in [0.25, 0.3) is 0 Å². The van der Waals surface area contributed by atoms with Crippen molar-refractivity contribution in [3.8, 4) is 11.6 Å². The molecule has 0 aliphatic rings. The number of nitrogens with zero attached hydrogens (tertiary/aromatic N) is 1. The maximum atomic E-state index is 6.24. The molecule has 2 aromatic rings. The van der Waals surface area contributed by atoms with E-state index < -0.39 is 0 Å². The second-order valence-electron chi connectivity index (χ2n) is 6.80. The molecule has 1 aromatic carbocycles. The van der Waals surface area contributed by atoms with E-state index in [1.807, 2.05) is 6.92 Å². The van der Waals surface area contributed by atoms with E-state index in [9.17, 15) is 0 Å². The van der Waals surface area contributed by atoms with Crippen LogP contribution >= 0.6 is 0 Å². The van der Waals surface area contributed by atoms with E-state index in [-0.39, 0.29) is 0 Å². The molecule has 0 bridgehead atoms. The van der Waals surface area contributed by atoms with Crippen molar-refractivity contribution in [2.24, 2.45) is 0 Å². The fourth-order valence-electron chi connectivity index (χ4n) is 3.43. The number of hydrogen-bond donors (Lipinski definition) is 0. The number of pyridine rings is 1. The SMILES string of the molecule is CCC(CC)c1[c]c(COC)c(Oc2c(C)cc(C)cc2C)nc1C. The van der Waals surface area contributed by atoms with Crippen LogP contribution in [0.2, 0.25) is 0 Å². The molecule has 3 heteroatoms. The van der Waals surface area contributed by atoms with Crippen molar-refractivity contribution in [1.82, 2.24) is 4.98 Å². The van der Waals surface area contributed by atoms with Crippen molar-refractivity contribution in [3.05, 3.63) is 51.7 Å². The van der Waals surface area contributed by atoms with Crippen LogP contribution in [0.3, 0.4) is 0 Å². The number of ether oxygens (including phenoxy) is 2. The molecule has 0 atom stereocenters. The summed E-state index contributed by atoms with van der Waals surface area (Å²) in [6.45, 7) is 13.1. The van der Waals surface area contributed by atoms with E-state index in [2.05, 4.69) is 52.8 Å². The number of aryl methyl sites for hydroxylation is 4. The zero-order chi connectivity index (χ0) is 18.6. The summed E-state index contributed by atoms with van der Waals surface area (Å²) in [5.41, 5.74) is 6.52. The Hall–Kier alpha value is -1.87. The molecular weight excluding hydrogens is 310 g/mol. The van der Waals surface area contributed by atoms with Gasteiger partial charge in [-0.1, -0.05) is 31.5 Å². The molecular formula is C22H30NO2. The Morgan fingerprint density at radius 2 is 1.64 bits per heavy atom. The number of hydrogen-bond acceptors (Lipinski definition) is 3. The lowest BCUT2D eigenvalue weighted by molar-refractivity contribution is 0.181. The van der Waals surface area contributed by atoms with Gasteiger partial charge in [0, 0.05) is 18.4 Å². The Morgan fingerprint density at radius 1 is 1.04 bits per heavy atom. The van der Waals surface area contributed by atoms with E-state index in [1.54, 1.807) is 7.11 Å². The van der Waals surface area contributed by atoms with Gasteiger partial charge in [0.2, 0.25) is 5.88 Å². The van der Waals surface area contributed by atoms with Crippen LogP contribution in [0, 0.1) is 33.8 Å². The second-order valence-corrected chi connectivity index (χ2v) is 6.80. The first-order valence-corrected chi connectivity index (χ1v) is 9.08. The molecule has 1 radical (unpaired) electrons. The van der Waals surface area contributed by atoms with Crippen LogP contribution in [0.15, 0.2) is 12.1 Å². The lowest BCUT2D eigenvalue weighted by Crippen LogP contribution is -2.07. The molecule has 0 aliphatic carbocycles. The molecule has 0 amide bonds. The van der Waals surface area contributed by atoms with Crippen molar-refractivity contribution < 1.29 is 9.47 Å². The smallest absolute Gasteiger partial charge is 0.225 e. The summed E-state index contributed by atoms with van der Waals surface area (Å²) in [7, 11) is 1.69. The van der Waals surface area contributed by atoms with Crippen molar-refractivity contribution >= 4 is 0 Å². The molecule has 1 heterocycles. The van der Waals surface area contributed by atoms with E-state index in [4.69, 9.17) is 14.5 Å². The Kier molecular flexibility index (Phi) is 6.60. The van der Waals surface area contributed by atoms with Gasteiger partial charge in [-0.15, -0.1) is 0 Å². The minimum atomic E-state index is 0.444. The topological polar surface area (TPSA) is 31.4 Å². The maximum absolute atomic E-state index is 6.24. The number of aromatic nitrogens is 1. The normalized spacial score (nSPS) is 11.2. The fraction of sp³-hybridized carbons (Fsp3) is 0.500. The molecule has 1 aromatic heterocycles. The van der Waals surface area contributed by atoms with Gasteiger partial charge in [-0.2, -0.15) is 0 Å². The predicted molar refractivity (Wildman–Crippen MR) is 103 cm³/mol. The molecule has 0 fully saturated rings. The van der Waals surface area contributed by atoms with Gasteiger partial charge in [-0.05, 0) is 69.2 Å². The summed E-state index contributed by atoms with van der Waals surface area (Å²) < 4.78 is 11.6. The van der Waals surface area contributed by atoms with Gasteiger partial charge < -0.3 is 9.47 Å². The number of methoxy groups -OCH3 is 1. The average Bonchev–Trinajstić information content (AvgIpc) is 2.55. The van der Waals surface area contributed by atoms with Gasteiger partial charge in [0.15, 0.2) is 0 Å². The largest absolute Gasteiger partial charge is 0.438 e. The number of benzene rings is 1. The molecule has 2 rings (SSSR count). The highest BCUT2D eigenvalue weighted by Crippen LogP contribution is 2.34. The third kappa shape index (κ3) is 4.40.